The predicted octanol–water partition coefficient (Wildman–Crippen LogP) is 4.12. The Bertz CT molecular complexity index is 1420. The van der Waals surface area contributed by atoms with Crippen LogP contribution in [0.15, 0.2) is 75.4 Å². The van der Waals surface area contributed by atoms with Crippen LogP contribution in [0.1, 0.15) is 16.7 Å². The molecule has 162 valence electrons. The van der Waals surface area contributed by atoms with Gasteiger partial charge < -0.3 is 14.5 Å². The van der Waals surface area contributed by atoms with E-state index in [0.29, 0.717) is 39.6 Å². The summed E-state index contributed by atoms with van der Waals surface area (Å²) in [5, 5.41) is 4.73. The lowest BCUT2D eigenvalue weighted by atomic mass is 10.1. The number of ether oxygens (including phenoxy) is 2. The van der Waals surface area contributed by atoms with Crippen LogP contribution in [0.2, 0.25) is 5.02 Å². The number of benzene rings is 3. The molecule has 4 rings (SSSR count). The van der Waals surface area contributed by atoms with Gasteiger partial charge in [0.2, 0.25) is 0 Å². The number of halogens is 1. The minimum Gasteiger partial charge on any atom is -0.493 e. The summed E-state index contributed by atoms with van der Waals surface area (Å²) in [6.07, 6.45) is 1.36. The molecular weight excluding hydrogens is 430 g/mol. The van der Waals surface area contributed by atoms with Gasteiger partial charge in [0.1, 0.15) is 6.61 Å². The smallest absolute Gasteiger partial charge is 0.349 e. The average Bonchev–Trinajstić information content (AvgIpc) is 2.79. The number of aromatic amines is 1. The van der Waals surface area contributed by atoms with Gasteiger partial charge in [0.05, 0.1) is 29.2 Å². The number of nitrogens with one attached hydrogen (secondary N) is 1. The van der Waals surface area contributed by atoms with Crippen LogP contribution in [0.5, 0.6) is 11.5 Å². The first-order valence-corrected chi connectivity index (χ1v) is 10.2. The molecule has 0 aliphatic rings. The zero-order chi connectivity index (χ0) is 22.7. The lowest BCUT2D eigenvalue weighted by molar-refractivity contribution is 0.284. The van der Waals surface area contributed by atoms with E-state index < -0.39 is 11.2 Å². The highest BCUT2D eigenvalue weighted by Crippen LogP contribution is 2.36. The number of hydrogen-bond acceptors (Lipinski definition) is 5. The normalized spacial score (nSPS) is 11.2. The Morgan fingerprint density at radius 2 is 1.84 bits per heavy atom. The monoisotopic (exact) mass is 449 g/mol. The first-order valence-electron chi connectivity index (χ1n) is 9.80. The molecule has 1 heterocycles. The van der Waals surface area contributed by atoms with Crippen LogP contribution in [0, 0.1) is 6.92 Å². The second-order valence-electron chi connectivity index (χ2n) is 7.15. The van der Waals surface area contributed by atoms with Crippen LogP contribution >= 0.6 is 11.6 Å². The van der Waals surface area contributed by atoms with Gasteiger partial charge in [-0.2, -0.15) is 5.10 Å². The van der Waals surface area contributed by atoms with E-state index in [0.717, 1.165) is 15.8 Å². The van der Waals surface area contributed by atoms with E-state index in [1.165, 1.54) is 13.3 Å². The summed E-state index contributed by atoms with van der Waals surface area (Å²) < 4.78 is 12.1. The third kappa shape index (κ3) is 4.43. The van der Waals surface area contributed by atoms with Gasteiger partial charge >= 0.3 is 5.69 Å². The molecule has 0 fully saturated rings. The number of aryl methyl sites for hydroxylation is 1. The summed E-state index contributed by atoms with van der Waals surface area (Å²) >= 11 is 6.42. The molecule has 0 saturated heterocycles. The Labute approximate surface area is 188 Å². The van der Waals surface area contributed by atoms with Crippen LogP contribution in [0.4, 0.5) is 0 Å². The summed E-state index contributed by atoms with van der Waals surface area (Å²) in [4.78, 5) is 27.5. The van der Waals surface area contributed by atoms with Crippen LogP contribution in [-0.2, 0) is 6.61 Å². The molecule has 0 unspecified atom stereocenters. The maximum absolute atomic E-state index is 12.6. The van der Waals surface area contributed by atoms with Crippen molar-refractivity contribution in [3.63, 3.8) is 0 Å². The predicted molar refractivity (Wildman–Crippen MR) is 125 cm³/mol. The third-order valence-corrected chi connectivity index (χ3v) is 5.14. The minimum atomic E-state index is -0.638. The molecule has 7 nitrogen and oxygen atoms in total. The molecule has 0 amide bonds. The van der Waals surface area contributed by atoms with Gasteiger partial charge in [0.25, 0.3) is 5.56 Å². The van der Waals surface area contributed by atoms with Crippen molar-refractivity contribution in [1.29, 1.82) is 0 Å². The molecule has 0 atom stereocenters. The Morgan fingerprint density at radius 1 is 1.09 bits per heavy atom. The molecular formula is C24H20ClN3O4. The van der Waals surface area contributed by atoms with Crippen molar-refractivity contribution >= 4 is 28.7 Å². The standard InChI is InChI=1S/C24H20ClN3O4/c1-15-7-9-16(10-8-15)14-32-22-19(25)11-17(12-21(22)31-2)13-26-28-23(29)18-5-3-4-6-20(18)27-24(28)30/h3-13H,14H2,1-2H3,(H,27,30). The Kier molecular flexibility index (Phi) is 6.09. The van der Waals surface area contributed by atoms with Crippen LogP contribution in [0.3, 0.4) is 0 Å². The Balaban J connectivity index is 1.62. The fourth-order valence-corrected chi connectivity index (χ4v) is 3.45. The molecule has 32 heavy (non-hydrogen) atoms. The van der Waals surface area contributed by atoms with Crippen molar-refractivity contribution < 1.29 is 9.47 Å². The SMILES string of the molecule is COc1cc(C=Nn2c(=O)[nH]c3ccccc3c2=O)cc(Cl)c1OCc1ccc(C)cc1. The summed E-state index contributed by atoms with van der Waals surface area (Å²) in [5.41, 5.74) is 1.99. The molecule has 0 saturated carbocycles. The molecule has 0 radical (unpaired) electrons. The van der Waals surface area contributed by atoms with Gasteiger partial charge in [-0.05, 0) is 42.3 Å². The number of aromatic nitrogens is 2. The molecule has 0 aliphatic heterocycles. The summed E-state index contributed by atoms with van der Waals surface area (Å²) in [6.45, 7) is 2.34. The lowest BCUT2D eigenvalue weighted by Gasteiger charge is -2.13. The maximum Gasteiger partial charge on any atom is 0.349 e. The largest absolute Gasteiger partial charge is 0.493 e. The van der Waals surface area contributed by atoms with Crippen LogP contribution in [0.25, 0.3) is 10.9 Å². The fraction of sp³-hybridized carbons (Fsp3) is 0.125. The average molecular weight is 450 g/mol. The molecule has 0 bridgehead atoms. The number of H-pyrrole nitrogens is 1. The van der Waals surface area contributed by atoms with Gasteiger partial charge in [-0.3, -0.25) is 4.79 Å². The molecule has 1 N–H and O–H groups in total. The quantitative estimate of drug-likeness (QED) is 0.449. The van der Waals surface area contributed by atoms with Gasteiger partial charge in [-0.25, -0.2) is 4.79 Å². The number of fused-ring (bicyclic) bond motifs is 1. The summed E-state index contributed by atoms with van der Waals surface area (Å²) in [6, 6.07) is 18.0. The van der Waals surface area contributed by atoms with Gasteiger partial charge in [-0.1, -0.05) is 53.6 Å². The number of methoxy groups -OCH3 is 1. The second-order valence-corrected chi connectivity index (χ2v) is 7.55. The molecule has 0 spiro atoms. The van der Waals surface area contributed by atoms with Gasteiger partial charge in [-0.15, -0.1) is 4.68 Å². The molecule has 0 aliphatic carbocycles. The number of rotatable bonds is 6. The number of nitrogens with zero attached hydrogens (tertiary/aromatic N) is 2. The van der Waals surface area contributed by atoms with Crippen molar-refractivity contribution in [2.75, 3.05) is 7.11 Å². The highest BCUT2D eigenvalue weighted by atomic mass is 35.5. The zero-order valence-electron chi connectivity index (χ0n) is 17.5. The van der Waals surface area contributed by atoms with E-state index in [9.17, 15) is 9.59 Å². The van der Waals surface area contributed by atoms with Crippen LogP contribution < -0.4 is 20.7 Å². The third-order valence-electron chi connectivity index (χ3n) is 4.86. The van der Waals surface area contributed by atoms with Crippen LogP contribution in [-0.4, -0.2) is 23.0 Å². The maximum atomic E-state index is 12.6. The summed E-state index contributed by atoms with van der Waals surface area (Å²) in [5.74, 6) is 0.804. The Hall–Kier alpha value is -3.84. The first kappa shape index (κ1) is 21.4. The van der Waals surface area contributed by atoms with E-state index in [2.05, 4.69) is 10.1 Å². The Morgan fingerprint density at radius 3 is 2.59 bits per heavy atom. The van der Waals surface area contributed by atoms with Crippen molar-refractivity contribution in [3.8, 4) is 11.5 Å². The van der Waals surface area contributed by atoms with E-state index in [1.807, 2.05) is 31.2 Å². The molecule has 3 aromatic carbocycles. The molecule has 4 aromatic rings. The molecule has 1 aromatic heterocycles. The lowest BCUT2D eigenvalue weighted by Crippen LogP contribution is -2.32. The van der Waals surface area contributed by atoms with Gasteiger partial charge in [0.15, 0.2) is 11.5 Å². The fourth-order valence-electron chi connectivity index (χ4n) is 3.18. The topological polar surface area (TPSA) is 85.7 Å². The van der Waals surface area contributed by atoms with Gasteiger partial charge in [0, 0.05) is 0 Å². The summed E-state index contributed by atoms with van der Waals surface area (Å²) in [7, 11) is 1.50. The highest BCUT2D eigenvalue weighted by Gasteiger charge is 2.12. The minimum absolute atomic E-state index is 0.317. The van der Waals surface area contributed by atoms with E-state index >= 15 is 0 Å². The van der Waals surface area contributed by atoms with Crippen molar-refractivity contribution in [3.05, 3.63) is 103 Å². The van der Waals surface area contributed by atoms with E-state index in [-0.39, 0.29) is 0 Å². The van der Waals surface area contributed by atoms with E-state index in [1.54, 1.807) is 36.4 Å². The van der Waals surface area contributed by atoms with Crippen molar-refractivity contribution in [1.82, 2.24) is 9.66 Å². The van der Waals surface area contributed by atoms with E-state index in [4.69, 9.17) is 21.1 Å². The second kappa shape index (κ2) is 9.11. The number of hydrogen-bond donors (Lipinski definition) is 1. The first-order chi connectivity index (χ1) is 15.5. The molecule has 8 heteroatoms. The highest BCUT2D eigenvalue weighted by molar-refractivity contribution is 6.32. The van der Waals surface area contributed by atoms with Crippen molar-refractivity contribution in [2.45, 2.75) is 13.5 Å². The zero-order valence-corrected chi connectivity index (χ0v) is 18.2. The number of para-hydroxylation sites is 1. The van der Waals surface area contributed by atoms with Crippen molar-refractivity contribution in [2.24, 2.45) is 5.10 Å².